The predicted molar refractivity (Wildman–Crippen MR) is 193 cm³/mol. The summed E-state index contributed by atoms with van der Waals surface area (Å²) in [4.78, 5) is 0. The highest BCUT2D eigenvalue weighted by molar-refractivity contribution is 5.50. The van der Waals surface area contributed by atoms with Crippen molar-refractivity contribution < 1.29 is 0 Å². The standard InChI is InChI=1S/C42H56N2/c1-3-39-31-37(25-27-41(39)43)29-35-21-17-33(18-22-35)15-13-11-9-7-5-6-8-10-12-14-16-34-19-23-36(24-20-34)30-38-26-28-42(44)40(4-2)32-38/h17-28,31-32H,3-16,29-30,43-44H2,1-2H3. The van der Waals surface area contributed by atoms with Crippen LogP contribution in [0.15, 0.2) is 84.9 Å². The first kappa shape index (κ1) is 33.4. The summed E-state index contributed by atoms with van der Waals surface area (Å²) < 4.78 is 0. The van der Waals surface area contributed by atoms with Gasteiger partial charge in [-0.2, -0.15) is 0 Å². The van der Waals surface area contributed by atoms with Crippen molar-refractivity contribution in [1.82, 2.24) is 0 Å². The minimum absolute atomic E-state index is 0.910. The number of aryl methyl sites for hydroxylation is 4. The van der Waals surface area contributed by atoms with Crippen LogP contribution in [0.3, 0.4) is 0 Å². The number of unbranched alkanes of at least 4 members (excludes halogenated alkanes) is 9. The van der Waals surface area contributed by atoms with Gasteiger partial charge in [-0.1, -0.05) is 138 Å². The minimum atomic E-state index is 0.910. The van der Waals surface area contributed by atoms with Gasteiger partial charge in [-0.15, -0.1) is 0 Å². The average molecular weight is 589 g/mol. The number of nitrogen functional groups attached to an aromatic ring is 2. The van der Waals surface area contributed by atoms with E-state index < -0.39 is 0 Å². The van der Waals surface area contributed by atoms with Gasteiger partial charge in [0.1, 0.15) is 0 Å². The van der Waals surface area contributed by atoms with Crippen LogP contribution >= 0.6 is 0 Å². The summed E-state index contributed by atoms with van der Waals surface area (Å²) in [5, 5.41) is 0. The molecule has 0 aliphatic heterocycles. The normalized spacial score (nSPS) is 11.2. The van der Waals surface area contributed by atoms with E-state index in [4.69, 9.17) is 11.5 Å². The number of benzene rings is 4. The molecule has 0 aliphatic carbocycles. The second-order valence-electron chi connectivity index (χ2n) is 12.8. The van der Waals surface area contributed by atoms with Gasteiger partial charge in [-0.25, -0.2) is 0 Å². The molecule has 4 aromatic rings. The van der Waals surface area contributed by atoms with Gasteiger partial charge in [0.2, 0.25) is 0 Å². The fourth-order valence-electron chi connectivity index (χ4n) is 6.34. The number of hydrogen-bond acceptors (Lipinski definition) is 2. The van der Waals surface area contributed by atoms with Crippen molar-refractivity contribution in [2.75, 3.05) is 11.5 Å². The largest absolute Gasteiger partial charge is 0.399 e. The maximum atomic E-state index is 6.07. The smallest absolute Gasteiger partial charge is 0.0346 e. The molecule has 0 unspecified atom stereocenters. The van der Waals surface area contributed by atoms with E-state index in [0.29, 0.717) is 0 Å². The Labute approximate surface area is 268 Å². The Morgan fingerprint density at radius 3 is 1.00 bits per heavy atom. The van der Waals surface area contributed by atoms with E-state index in [2.05, 4.69) is 98.8 Å². The summed E-state index contributed by atoms with van der Waals surface area (Å²) in [6.07, 6.45) is 20.0. The number of anilines is 2. The van der Waals surface area contributed by atoms with Crippen LogP contribution < -0.4 is 11.5 Å². The molecule has 0 amide bonds. The van der Waals surface area contributed by atoms with Gasteiger partial charge in [0.25, 0.3) is 0 Å². The third-order valence-electron chi connectivity index (χ3n) is 9.22. The lowest BCUT2D eigenvalue weighted by Crippen LogP contribution is -1.96. The molecule has 0 saturated carbocycles. The molecular weight excluding hydrogens is 532 g/mol. The lowest BCUT2D eigenvalue weighted by molar-refractivity contribution is 0.551. The number of nitrogens with two attached hydrogens (primary N) is 2. The Kier molecular flexibility index (Phi) is 13.9. The Balaban J connectivity index is 0.985. The molecule has 0 saturated heterocycles. The van der Waals surface area contributed by atoms with Crippen molar-refractivity contribution in [2.24, 2.45) is 0 Å². The highest BCUT2D eigenvalue weighted by atomic mass is 14.6. The first-order valence-corrected chi connectivity index (χ1v) is 17.4. The Morgan fingerprint density at radius 1 is 0.364 bits per heavy atom. The zero-order chi connectivity index (χ0) is 31.0. The lowest BCUT2D eigenvalue weighted by atomic mass is 9.98. The van der Waals surface area contributed by atoms with Gasteiger partial charge in [-0.05, 0) is 108 Å². The van der Waals surface area contributed by atoms with Crippen LogP contribution in [0.5, 0.6) is 0 Å². The molecule has 0 bridgehead atoms. The van der Waals surface area contributed by atoms with E-state index in [9.17, 15) is 0 Å². The SMILES string of the molecule is CCc1cc(Cc2ccc(CCCCCCCCCCCCc3ccc(Cc4ccc(N)c(CC)c4)cc3)cc2)ccc1N. The van der Waals surface area contributed by atoms with E-state index in [1.54, 1.807) is 0 Å². The van der Waals surface area contributed by atoms with Crippen molar-refractivity contribution in [3.8, 4) is 0 Å². The van der Waals surface area contributed by atoms with E-state index in [1.807, 2.05) is 0 Å². The molecule has 0 spiro atoms. The molecule has 4 rings (SSSR count). The van der Waals surface area contributed by atoms with Crippen molar-refractivity contribution in [3.63, 3.8) is 0 Å². The summed E-state index contributed by atoms with van der Waals surface area (Å²) in [5.74, 6) is 0. The molecule has 0 aliphatic rings. The van der Waals surface area contributed by atoms with Crippen molar-refractivity contribution >= 4 is 11.4 Å². The van der Waals surface area contributed by atoms with Crippen molar-refractivity contribution in [3.05, 3.63) is 129 Å². The number of hydrogen-bond donors (Lipinski definition) is 2. The molecule has 0 aromatic heterocycles. The van der Waals surface area contributed by atoms with Gasteiger partial charge in [-0.3, -0.25) is 0 Å². The topological polar surface area (TPSA) is 52.0 Å². The fourth-order valence-corrected chi connectivity index (χ4v) is 6.34. The zero-order valence-electron chi connectivity index (χ0n) is 27.6. The molecule has 0 atom stereocenters. The second kappa shape index (κ2) is 18.3. The van der Waals surface area contributed by atoms with Crippen LogP contribution in [0, 0.1) is 0 Å². The van der Waals surface area contributed by atoms with Crippen LogP contribution in [-0.2, 0) is 38.5 Å². The van der Waals surface area contributed by atoms with Gasteiger partial charge in [0.05, 0.1) is 0 Å². The van der Waals surface area contributed by atoms with Gasteiger partial charge in [0.15, 0.2) is 0 Å². The van der Waals surface area contributed by atoms with Crippen molar-refractivity contribution in [2.45, 2.75) is 117 Å². The zero-order valence-corrected chi connectivity index (χ0v) is 27.6. The van der Waals surface area contributed by atoms with Crippen LogP contribution in [0.2, 0.25) is 0 Å². The first-order chi connectivity index (χ1) is 21.5. The molecule has 4 aromatic carbocycles. The van der Waals surface area contributed by atoms with E-state index in [0.717, 1.165) is 37.1 Å². The van der Waals surface area contributed by atoms with Gasteiger partial charge < -0.3 is 11.5 Å². The molecular formula is C42H56N2. The maximum absolute atomic E-state index is 6.07. The quantitative estimate of drug-likeness (QED) is 0.0845. The van der Waals surface area contributed by atoms with E-state index in [-0.39, 0.29) is 0 Å². The Bertz CT molecular complexity index is 1280. The fraction of sp³-hybridized carbons (Fsp3) is 0.429. The molecule has 4 N–H and O–H groups in total. The monoisotopic (exact) mass is 588 g/mol. The molecule has 44 heavy (non-hydrogen) atoms. The van der Waals surface area contributed by atoms with Gasteiger partial charge in [0, 0.05) is 11.4 Å². The molecule has 234 valence electrons. The average Bonchev–Trinajstić information content (AvgIpc) is 3.05. The first-order valence-electron chi connectivity index (χ1n) is 17.4. The summed E-state index contributed by atoms with van der Waals surface area (Å²) in [7, 11) is 0. The minimum Gasteiger partial charge on any atom is -0.399 e. The predicted octanol–water partition coefficient (Wildman–Crippen LogP) is 10.8. The second-order valence-corrected chi connectivity index (χ2v) is 12.8. The Hall–Kier alpha value is -3.52. The van der Waals surface area contributed by atoms with Crippen LogP contribution in [0.1, 0.15) is 123 Å². The van der Waals surface area contributed by atoms with E-state index in [1.165, 1.54) is 122 Å². The highest BCUT2D eigenvalue weighted by Gasteiger charge is 2.04. The molecule has 2 nitrogen and oxygen atoms in total. The lowest BCUT2D eigenvalue weighted by Gasteiger charge is -2.08. The van der Waals surface area contributed by atoms with Gasteiger partial charge >= 0.3 is 0 Å². The van der Waals surface area contributed by atoms with Crippen LogP contribution in [0.4, 0.5) is 11.4 Å². The van der Waals surface area contributed by atoms with Crippen molar-refractivity contribution in [1.29, 1.82) is 0 Å². The summed E-state index contributed by atoms with van der Waals surface area (Å²) in [6.45, 7) is 4.33. The molecule has 2 heteroatoms. The number of rotatable bonds is 19. The Morgan fingerprint density at radius 2 is 0.659 bits per heavy atom. The van der Waals surface area contributed by atoms with Crippen LogP contribution in [-0.4, -0.2) is 0 Å². The molecule has 0 radical (unpaired) electrons. The summed E-state index contributed by atoms with van der Waals surface area (Å²) in [5.41, 5.74) is 24.9. The summed E-state index contributed by atoms with van der Waals surface area (Å²) in [6, 6.07) is 31.5. The maximum Gasteiger partial charge on any atom is 0.0346 e. The highest BCUT2D eigenvalue weighted by Crippen LogP contribution is 2.20. The third-order valence-corrected chi connectivity index (χ3v) is 9.22. The third kappa shape index (κ3) is 11.2. The molecule has 0 heterocycles. The summed E-state index contributed by atoms with van der Waals surface area (Å²) >= 11 is 0. The van der Waals surface area contributed by atoms with Crippen LogP contribution in [0.25, 0.3) is 0 Å². The van der Waals surface area contributed by atoms with E-state index >= 15 is 0 Å². The molecule has 0 fully saturated rings.